The van der Waals surface area contributed by atoms with Crippen molar-refractivity contribution in [2.24, 2.45) is 0 Å². The fourth-order valence-corrected chi connectivity index (χ4v) is 3.17. The van der Waals surface area contributed by atoms with Gasteiger partial charge in [-0.15, -0.1) is 0 Å². The summed E-state index contributed by atoms with van der Waals surface area (Å²) in [5.41, 5.74) is 6.66. The second-order valence-corrected chi connectivity index (χ2v) is 6.66. The second-order valence-electron chi connectivity index (χ2n) is 3.83. The molecule has 1 unspecified atom stereocenters. The summed E-state index contributed by atoms with van der Waals surface area (Å²) in [5.74, 6) is -0.0898. The lowest BCUT2D eigenvalue weighted by Crippen LogP contribution is -2.19. The molecule has 90 valence electrons. The zero-order valence-corrected chi connectivity index (χ0v) is 11.0. The number of benzene rings is 1. The third kappa shape index (κ3) is 2.89. The second kappa shape index (κ2) is 5.06. The van der Waals surface area contributed by atoms with Crippen molar-refractivity contribution in [3.8, 4) is 0 Å². The molecule has 1 aromatic carbocycles. The van der Waals surface area contributed by atoms with Gasteiger partial charge < -0.3 is 5.73 Å². The quantitative estimate of drug-likeness (QED) is 0.848. The molecule has 0 radical (unpaired) electrons. The highest BCUT2D eigenvalue weighted by Gasteiger charge is 2.21. The Morgan fingerprint density at radius 1 is 1.44 bits per heavy atom. The summed E-state index contributed by atoms with van der Waals surface area (Å²) in [6, 6.07) is 5.02. The van der Waals surface area contributed by atoms with Crippen molar-refractivity contribution in [3.63, 3.8) is 0 Å². The van der Waals surface area contributed by atoms with Gasteiger partial charge in [-0.3, -0.25) is 0 Å². The Balaban J connectivity index is 3.06. The maximum atomic E-state index is 11.9. The van der Waals surface area contributed by atoms with Crippen LogP contribution in [0, 0.1) is 0 Å². The summed E-state index contributed by atoms with van der Waals surface area (Å²) in [6.07, 6.45) is 0.590. The normalized spacial score (nSPS) is 13.7. The van der Waals surface area contributed by atoms with Crippen molar-refractivity contribution < 1.29 is 8.42 Å². The Bertz CT molecular complexity index is 451. The highest BCUT2D eigenvalue weighted by molar-refractivity contribution is 7.91. The first-order chi connectivity index (χ1) is 7.38. The molecule has 0 aliphatic rings. The highest BCUT2D eigenvalue weighted by Crippen LogP contribution is 2.25. The third-order valence-corrected chi connectivity index (χ3v) is 5.29. The fraction of sp³-hybridized carbons (Fsp3) is 0.455. The summed E-state index contributed by atoms with van der Waals surface area (Å²) in [7, 11) is -3.17. The summed E-state index contributed by atoms with van der Waals surface area (Å²) in [6.45, 7) is 3.54. The molecular weight excluding hydrogens is 246 g/mol. The molecule has 0 saturated heterocycles. The van der Waals surface area contributed by atoms with Crippen molar-refractivity contribution in [3.05, 3.63) is 28.8 Å². The fourth-order valence-electron chi connectivity index (χ4n) is 1.32. The topological polar surface area (TPSA) is 60.2 Å². The molecule has 0 spiro atoms. The third-order valence-electron chi connectivity index (χ3n) is 2.69. The van der Waals surface area contributed by atoms with Crippen molar-refractivity contribution >= 4 is 27.1 Å². The summed E-state index contributed by atoms with van der Waals surface area (Å²) in [5, 5.41) is 0.0371. The minimum atomic E-state index is -3.17. The SMILES string of the molecule is CCC(C)S(=O)(=O)Cc1c(N)cccc1Cl. The number of nitrogens with two attached hydrogens (primary N) is 1. The van der Waals surface area contributed by atoms with E-state index in [9.17, 15) is 8.42 Å². The Hall–Kier alpha value is -0.740. The minimum absolute atomic E-state index is 0.0898. The van der Waals surface area contributed by atoms with Gasteiger partial charge in [-0.1, -0.05) is 24.6 Å². The number of rotatable bonds is 4. The van der Waals surface area contributed by atoms with Crippen LogP contribution in [0.3, 0.4) is 0 Å². The van der Waals surface area contributed by atoms with E-state index in [0.29, 0.717) is 22.7 Å². The Morgan fingerprint density at radius 3 is 2.56 bits per heavy atom. The van der Waals surface area contributed by atoms with E-state index in [1.807, 2.05) is 6.92 Å². The minimum Gasteiger partial charge on any atom is -0.398 e. The van der Waals surface area contributed by atoms with Gasteiger partial charge in [0.1, 0.15) is 0 Å². The molecule has 0 bridgehead atoms. The predicted octanol–water partition coefficient (Wildman–Crippen LogP) is 2.64. The average Bonchev–Trinajstić information content (AvgIpc) is 2.22. The monoisotopic (exact) mass is 261 g/mol. The number of hydrogen-bond donors (Lipinski definition) is 1. The van der Waals surface area contributed by atoms with Gasteiger partial charge >= 0.3 is 0 Å². The number of sulfone groups is 1. The van der Waals surface area contributed by atoms with Gasteiger partial charge in [0.15, 0.2) is 9.84 Å². The standard InChI is InChI=1S/C11H16ClNO2S/c1-3-8(2)16(14,15)7-9-10(12)5-4-6-11(9)13/h4-6,8H,3,7,13H2,1-2H3. The molecule has 1 atom stereocenters. The van der Waals surface area contributed by atoms with Crippen LogP contribution in [-0.2, 0) is 15.6 Å². The van der Waals surface area contributed by atoms with E-state index < -0.39 is 9.84 Å². The first-order valence-electron chi connectivity index (χ1n) is 5.13. The molecule has 0 aromatic heterocycles. The maximum absolute atomic E-state index is 11.9. The molecule has 2 N–H and O–H groups in total. The number of hydrogen-bond acceptors (Lipinski definition) is 3. The lowest BCUT2D eigenvalue weighted by molar-refractivity contribution is 0.580. The first-order valence-corrected chi connectivity index (χ1v) is 7.22. The zero-order chi connectivity index (χ0) is 12.3. The van der Waals surface area contributed by atoms with E-state index in [0.717, 1.165) is 0 Å². The van der Waals surface area contributed by atoms with E-state index >= 15 is 0 Å². The Kier molecular flexibility index (Phi) is 4.21. The molecule has 1 rings (SSSR count). The largest absolute Gasteiger partial charge is 0.398 e. The summed E-state index contributed by atoms with van der Waals surface area (Å²) >= 11 is 5.94. The average molecular weight is 262 g/mol. The Morgan fingerprint density at radius 2 is 2.06 bits per heavy atom. The molecule has 5 heteroatoms. The Labute approximate surface area is 102 Å². The van der Waals surface area contributed by atoms with Gasteiger partial charge in [0.05, 0.1) is 11.0 Å². The zero-order valence-electron chi connectivity index (χ0n) is 9.40. The van der Waals surface area contributed by atoms with Gasteiger partial charge in [0.2, 0.25) is 0 Å². The predicted molar refractivity (Wildman–Crippen MR) is 68.2 cm³/mol. The lowest BCUT2D eigenvalue weighted by Gasteiger charge is -2.13. The van der Waals surface area contributed by atoms with Crippen LogP contribution in [0.1, 0.15) is 25.8 Å². The van der Waals surface area contributed by atoms with Crippen LogP contribution >= 0.6 is 11.6 Å². The first kappa shape index (κ1) is 13.3. The highest BCUT2D eigenvalue weighted by atomic mass is 35.5. The number of halogens is 1. The molecule has 0 aliphatic heterocycles. The number of anilines is 1. The van der Waals surface area contributed by atoms with E-state index in [4.69, 9.17) is 17.3 Å². The molecule has 0 aliphatic carbocycles. The molecule has 0 amide bonds. The van der Waals surface area contributed by atoms with E-state index in [1.54, 1.807) is 25.1 Å². The van der Waals surface area contributed by atoms with Crippen LogP contribution in [-0.4, -0.2) is 13.7 Å². The molecule has 1 aromatic rings. The molecule has 0 fully saturated rings. The van der Waals surface area contributed by atoms with Gasteiger partial charge in [0, 0.05) is 16.3 Å². The summed E-state index contributed by atoms with van der Waals surface area (Å²) in [4.78, 5) is 0. The molecule has 3 nitrogen and oxygen atoms in total. The van der Waals surface area contributed by atoms with Gasteiger partial charge in [-0.2, -0.15) is 0 Å². The van der Waals surface area contributed by atoms with E-state index in [1.165, 1.54) is 0 Å². The molecule has 0 saturated carbocycles. The molecule has 16 heavy (non-hydrogen) atoms. The lowest BCUT2D eigenvalue weighted by atomic mass is 10.2. The van der Waals surface area contributed by atoms with Crippen LogP contribution in [0.25, 0.3) is 0 Å². The van der Waals surface area contributed by atoms with Gasteiger partial charge in [-0.05, 0) is 25.5 Å². The van der Waals surface area contributed by atoms with Gasteiger partial charge in [0.25, 0.3) is 0 Å². The van der Waals surface area contributed by atoms with Crippen LogP contribution in [0.5, 0.6) is 0 Å². The number of nitrogen functional groups attached to an aromatic ring is 1. The van der Waals surface area contributed by atoms with Crippen molar-refractivity contribution in [2.75, 3.05) is 5.73 Å². The van der Waals surface area contributed by atoms with Crippen LogP contribution in [0.4, 0.5) is 5.69 Å². The van der Waals surface area contributed by atoms with Crippen molar-refractivity contribution in [2.45, 2.75) is 31.3 Å². The smallest absolute Gasteiger partial charge is 0.157 e. The van der Waals surface area contributed by atoms with Crippen LogP contribution < -0.4 is 5.73 Å². The van der Waals surface area contributed by atoms with E-state index in [2.05, 4.69) is 0 Å². The van der Waals surface area contributed by atoms with Crippen LogP contribution in [0.15, 0.2) is 18.2 Å². The van der Waals surface area contributed by atoms with E-state index in [-0.39, 0.29) is 11.0 Å². The van der Waals surface area contributed by atoms with Crippen LogP contribution in [0.2, 0.25) is 5.02 Å². The van der Waals surface area contributed by atoms with Crippen molar-refractivity contribution in [1.29, 1.82) is 0 Å². The maximum Gasteiger partial charge on any atom is 0.157 e. The van der Waals surface area contributed by atoms with Crippen molar-refractivity contribution in [1.82, 2.24) is 0 Å². The summed E-state index contributed by atoms with van der Waals surface area (Å²) < 4.78 is 23.8. The molecule has 0 heterocycles. The van der Waals surface area contributed by atoms with Gasteiger partial charge in [-0.25, -0.2) is 8.42 Å². The molecular formula is C11H16ClNO2S.